The van der Waals surface area contributed by atoms with Gasteiger partial charge in [0.25, 0.3) is 0 Å². The molecule has 0 fully saturated rings. The summed E-state index contributed by atoms with van der Waals surface area (Å²) in [7, 11) is 0. The Morgan fingerprint density at radius 3 is 2.93 bits per heavy atom. The number of hydrogen-bond acceptors (Lipinski definition) is 2. The zero-order valence-electron chi connectivity index (χ0n) is 8.34. The Labute approximate surface area is 87.0 Å². The van der Waals surface area contributed by atoms with Gasteiger partial charge in [-0.25, -0.2) is 4.98 Å². The molecule has 3 rings (SSSR count). The van der Waals surface area contributed by atoms with Crippen LogP contribution in [-0.4, -0.2) is 9.38 Å². The number of imidazole rings is 1. The lowest BCUT2D eigenvalue weighted by atomic mass is 10.3. The Balaban J connectivity index is 2.27. The standard InChI is InChI=1S/C12H10N2O/c1-9-3-2-4-12-13-11(7-14(9)12)10-5-6-15-8-10/h2-8H,1H3. The first-order valence-electron chi connectivity index (χ1n) is 4.82. The van der Waals surface area contributed by atoms with Crippen molar-refractivity contribution in [3.05, 3.63) is 48.7 Å². The summed E-state index contributed by atoms with van der Waals surface area (Å²) in [6.45, 7) is 2.06. The second-order valence-electron chi connectivity index (χ2n) is 3.53. The number of furan rings is 1. The Morgan fingerprint density at radius 2 is 2.20 bits per heavy atom. The van der Waals surface area contributed by atoms with Crippen molar-refractivity contribution in [2.45, 2.75) is 6.92 Å². The van der Waals surface area contributed by atoms with Crippen LogP contribution in [0.3, 0.4) is 0 Å². The summed E-state index contributed by atoms with van der Waals surface area (Å²) < 4.78 is 7.12. The SMILES string of the molecule is Cc1cccc2nc(-c3ccoc3)cn12. The van der Waals surface area contributed by atoms with Crippen LogP contribution in [0, 0.1) is 6.92 Å². The minimum absolute atomic E-state index is 0.943. The van der Waals surface area contributed by atoms with Gasteiger partial charge in [0.2, 0.25) is 0 Å². The normalized spacial score (nSPS) is 11.0. The average Bonchev–Trinajstić information content (AvgIpc) is 2.86. The Bertz CT molecular complexity index is 593. The first kappa shape index (κ1) is 8.29. The van der Waals surface area contributed by atoms with Gasteiger partial charge in [-0.3, -0.25) is 0 Å². The molecular weight excluding hydrogens is 188 g/mol. The van der Waals surface area contributed by atoms with E-state index in [-0.39, 0.29) is 0 Å². The highest BCUT2D eigenvalue weighted by molar-refractivity contribution is 5.61. The largest absolute Gasteiger partial charge is 0.472 e. The van der Waals surface area contributed by atoms with Gasteiger partial charge in [0, 0.05) is 17.5 Å². The molecule has 0 saturated carbocycles. The first-order valence-corrected chi connectivity index (χ1v) is 4.82. The van der Waals surface area contributed by atoms with Gasteiger partial charge in [-0.15, -0.1) is 0 Å². The molecule has 0 radical (unpaired) electrons. The lowest BCUT2D eigenvalue weighted by Gasteiger charge is -1.95. The fourth-order valence-corrected chi connectivity index (χ4v) is 1.70. The average molecular weight is 198 g/mol. The van der Waals surface area contributed by atoms with E-state index in [1.807, 2.05) is 24.4 Å². The fraction of sp³-hybridized carbons (Fsp3) is 0.0833. The smallest absolute Gasteiger partial charge is 0.137 e. The van der Waals surface area contributed by atoms with Crippen molar-refractivity contribution in [1.82, 2.24) is 9.38 Å². The second-order valence-corrected chi connectivity index (χ2v) is 3.53. The van der Waals surface area contributed by atoms with Crippen LogP contribution in [0.5, 0.6) is 0 Å². The van der Waals surface area contributed by atoms with Crippen molar-refractivity contribution in [1.29, 1.82) is 0 Å². The summed E-state index contributed by atoms with van der Waals surface area (Å²) in [5.74, 6) is 0. The van der Waals surface area contributed by atoms with Gasteiger partial charge in [-0.1, -0.05) is 6.07 Å². The van der Waals surface area contributed by atoms with Gasteiger partial charge in [0.1, 0.15) is 5.65 Å². The van der Waals surface area contributed by atoms with E-state index >= 15 is 0 Å². The number of aryl methyl sites for hydroxylation is 1. The van der Waals surface area contributed by atoms with Crippen LogP contribution in [0.2, 0.25) is 0 Å². The van der Waals surface area contributed by atoms with Gasteiger partial charge >= 0.3 is 0 Å². The second kappa shape index (κ2) is 2.98. The van der Waals surface area contributed by atoms with E-state index in [1.54, 1.807) is 12.5 Å². The van der Waals surface area contributed by atoms with Crippen molar-refractivity contribution in [2.75, 3.05) is 0 Å². The van der Waals surface area contributed by atoms with Crippen molar-refractivity contribution < 1.29 is 4.42 Å². The van der Waals surface area contributed by atoms with E-state index in [0.29, 0.717) is 0 Å². The molecule has 3 nitrogen and oxygen atoms in total. The Hall–Kier alpha value is -2.03. The van der Waals surface area contributed by atoms with E-state index < -0.39 is 0 Å². The topological polar surface area (TPSA) is 30.4 Å². The van der Waals surface area contributed by atoms with Gasteiger partial charge < -0.3 is 8.82 Å². The summed E-state index contributed by atoms with van der Waals surface area (Å²) in [4.78, 5) is 4.52. The molecule has 0 amide bonds. The van der Waals surface area contributed by atoms with Crippen LogP contribution in [-0.2, 0) is 0 Å². The molecule has 0 aromatic carbocycles. The van der Waals surface area contributed by atoms with Crippen molar-refractivity contribution in [2.24, 2.45) is 0 Å². The number of aromatic nitrogens is 2. The minimum Gasteiger partial charge on any atom is -0.472 e. The lowest BCUT2D eigenvalue weighted by Crippen LogP contribution is -1.86. The highest BCUT2D eigenvalue weighted by Crippen LogP contribution is 2.20. The molecule has 3 aromatic heterocycles. The third-order valence-corrected chi connectivity index (χ3v) is 2.51. The summed E-state index contributed by atoms with van der Waals surface area (Å²) in [6, 6.07) is 7.98. The summed E-state index contributed by atoms with van der Waals surface area (Å²) >= 11 is 0. The first-order chi connectivity index (χ1) is 7.34. The molecule has 0 saturated heterocycles. The highest BCUT2D eigenvalue weighted by atomic mass is 16.3. The maximum Gasteiger partial charge on any atom is 0.137 e. The van der Waals surface area contributed by atoms with Gasteiger partial charge in [0.05, 0.1) is 18.2 Å². The third-order valence-electron chi connectivity index (χ3n) is 2.51. The monoisotopic (exact) mass is 198 g/mol. The molecule has 0 unspecified atom stereocenters. The number of fused-ring (bicyclic) bond motifs is 1. The van der Waals surface area contributed by atoms with Crippen molar-refractivity contribution in [3.8, 4) is 11.3 Å². The van der Waals surface area contributed by atoms with Gasteiger partial charge in [-0.2, -0.15) is 0 Å². The number of pyridine rings is 1. The zero-order chi connectivity index (χ0) is 10.3. The van der Waals surface area contributed by atoms with Gasteiger partial charge in [-0.05, 0) is 25.1 Å². The Morgan fingerprint density at radius 1 is 1.27 bits per heavy atom. The molecule has 0 bridgehead atoms. The van der Waals surface area contributed by atoms with Crippen LogP contribution in [0.4, 0.5) is 0 Å². The van der Waals surface area contributed by atoms with E-state index in [9.17, 15) is 0 Å². The lowest BCUT2D eigenvalue weighted by molar-refractivity contribution is 0.568. The maximum absolute atomic E-state index is 5.05. The fourth-order valence-electron chi connectivity index (χ4n) is 1.70. The molecule has 0 atom stereocenters. The molecule has 3 heterocycles. The van der Waals surface area contributed by atoms with E-state index in [2.05, 4.69) is 22.4 Å². The van der Waals surface area contributed by atoms with Crippen LogP contribution in [0.15, 0.2) is 47.4 Å². The number of nitrogens with zero attached hydrogens (tertiary/aromatic N) is 2. The van der Waals surface area contributed by atoms with Crippen LogP contribution >= 0.6 is 0 Å². The highest BCUT2D eigenvalue weighted by Gasteiger charge is 2.05. The molecule has 3 heteroatoms. The molecule has 0 aliphatic carbocycles. The van der Waals surface area contributed by atoms with Crippen LogP contribution in [0.1, 0.15) is 5.69 Å². The Kier molecular flexibility index (Phi) is 1.65. The van der Waals surface area contributed by atoms with Crippen LogP contribution in [0.25, 0.3) is 16.9 Å². The molecule has 0 aliphatic rings. The van der Waals surface area contributed by atoms with Crippen molar-refractivity contribution >= 4 is 5.65 Å². The quantitative estimate of drug-likeness (QED) is 0.601. The third kappa shape index (κ3) is 1.24. The summed E-state index contributed by atoms with van der Waals surface area (Å²) in [5.41, 5.74) is 4.09. The van der Waals surface area contributed by atoms with Gasteiger partial charge in [0.15, 0.2) is 0 Å². The summed E-state index contributed by atoms with van der Waals surface area (Å²) in [5, 5.41) is 0. The molecular formula is C12H10N2O. The number of hydrogen-bond donors (Lipinski definition) is 0. The van der Waals surface area contributed by atoms with E-state index in [0.717, 1.165) is 16.9 Å². The minimum atomic E-state index is 0.943. The molecule has 0 spiro atoms. The molecule has 0 aliphatic heterocycles. The van der Waals surface area contributed by atoms with E-state index in [1.165, 1.54) is 5.69 Å². The molecule has 0 N–H and O–H groups in total. The molecule has 15 heavy (non-hydrogen) atoms. The molecule has 74 valence electrons. The zero-order valence-corrected chi connectivity index (χ0v) is 8.34. The number of rotatable bonds is 1. The predicted octanol–water partition coefficient (Wildman–Crippen LogP) is 2.90. The van der Waals surface area contributed by atoms with E-state index in [4.69, 9.17) is 4.42 Å². The van der Waals surface area contributed by atoms with Crippen molar-refractivity contribution in [3.63, 3.8) is 0 Å². The predicted molar refractivity (Wildman–Crippen MR) is 57.6 cm³/mol. The maximum atomic E-state index is 5.05. The summed E-state index contributed by atoms with van der Waals surface area (Å²) in [6.07, 6.45) is 5.39. The van der Waals surface area contributed by atoms with Crippen LogP contribution < -0.4 is 0 Å². The molecule has 3 aromatic rings.